The summed E-state index contributed by atoms with van der Waals surface area (Å²) < 4.78 is 0. The van der Waals surface area contributed by atoms with E-state index in [-0.39, 0.29) is 0 Å². The van der Waals surface area contributed by atoms with Crippen molar-refractivity contribution in [2.75, 3.05) is 14.2 Å². The quantitative estimate of drug-likeness (QED) is 0.338. The largest absolute Gasteiger partial charge is 0.356 e. The molecule has 0 aliphatic heterocycles. The number of carbonyl (C=O) groups excluding carboxylic acids is 2. The lowest BCUT2D eigenvalue weighted by Crippen LogP contribution is -2.24. The zero-order valence-corrected chi connectivity index (χ0v) is 7.03. The lowest BCUT2D eigenvalue weighted by atomic mass is 10.2. The third-order valence-corrected chi connectivity index (χ3v) is 1.04. The molecule has 6 heteroatoms. The van der Waals surface area contributed by atoms with Crippen molar-refractivity contribution in [2.45, 2.75) is 6.92 Å². The van der Waals surface area contributed by atoms with Crippen molar-refractivity contribution in [3.8, 4) is 0 Å². The molecule has 0 aliphatic carbocycles. The van der Waals surface area contributed by atoms with Crippen molar-refractivity contribution in [1.29, 1.82) is 0 Å². The lowest BCUT2D eigenvalue weighted by molar-refractivity contribution is -0.272. The number of rotatable bonds is 4. The zero-order chi connectivity index (χ0) is 9.56. The van der Waals surface area contributed by atoms with Crippen molar-refractivity contribution in [3.05, 3.63) is 0 Å². The van der Waals surface area contributed by atoms with Gasteiger partial charge in [0.15, 0.2) is 5.92 Å². The topological polar surface area (TPSA) is 71.1 Å². The molecule has 12 heavy (non-hydrogen) atoms. The first-order valence-corrected chi connectivity index (χ1v) is 3.12. The highest BCUT2D eigenvalue weighted by molar-refractivity contribution is 5.93. The summed E-state index contributed by atoms with van der Waals surface area (Å²) >= 11 is 0. The highest BCUT2D eigenvalue weighted by atomic mass is 17.2. The van der Waals surface area contributed by atoms with Crippen LogP contribution in [-0.4, -0.2) is 26.2 Å². The minimum absolute atomic E-state index is 0.834. The van der Waals surface area contributed by atoms with Gasteiger partial charge in [-0.3, -0.25) is 9.78 Å². The van der Waals surface area contributed by atoms with Gasteiger partial charge in [-0.25, -0.2) is 9.59 Å². The third-order valence-electron chi connectivity index (χ3n) is 1.04. The molecule has 0 aromatic carbocycles. The van der Waals surface area contributed by atoms with Crippen LogP contribution in [0.5, 0.6) is 0 Å². The van der Waals surface area contributed by atoms with Gasteiger partial charge in [0.2, 0.25) is 0 Å². The summed E-state index contributed by atoms with van der Waals surface area (Å²) in [4.78, 5) is 37.8. The van der Waals surface area contributed by atoms with Crippen LogP contribution in [0.4, 0.5) is 0 Å². The van der Waals surface area contributed by atoms with Crippen LogP contribution in [0, 0.1) is 5.92 Å². The van der Waals surface area contributed by atoms with Crippen LogP contribution in [0.2, 0.25) is 0 Å². The van der Waals surface area contributed by atoms with Crippen molar-refractivity contribution < 1.29 is 29.1 Å². The maximum atomic E-state index is 10.8. The maximum Gasteiger partial charge on any atom is 0.356 e. The van der Waals surface area contributed by atoms with Crippen LogP contribution in [0.1, 0.15) is 6.92 Å². The molecule has 0 radical (unpaired) electrons. The predicted molar refractivity (Wildman–Crippen MR) is 35.4 cm³/mol. The van der Waals surface area contributed by atoms with Crippen molar-refractivity contribution in [1.82, 2.24) is 0 Å². The second-order valence-corrected chi connectivity index (χ2v) is 1.86. The van der Waals surface area contributed by atoms with Crippen molar-refractivity contribution >= 4 is 11.9 Å². The molecule has 70 valence electrons. The summed E-state index contributed by atoms with van der Waals surface area (Å²) in [6.07, 6.45) is 0. The first-order valence-electron chi connectivity index (χ1n) is 3.12. The molecule has 0 N–H and O–H groups in total. The Bertz CT molecular complexity index is 147. The highest BCUT2D eigenvalue weighted by Crippen LogP contribution is 2.01. The molecule has 0 unspecified atom stereocenters. The molecule has 0 aromatic rings. The molecular formula is C6H10O6. The molecular weight excluding hydrogens is 168 g/mol. The first-order chi connectivity index (χ1) is 5.63. The Hall–Kier alpha value is -1.14. The van der Waals surface area contributed by atoms with Gasteiger partial charge in [-0.1, -0.05) is 0 Å². The van der Waals surface area contributed by atoms with Gasteiger partial charge in [-0.05, 0) is 6.92 Å². The SMILES string of the molecule is COOC(=O)C(C)C(=O)OOC. The van der Waals surface area contributed by atoms with Gasteiger partial charge in [0.25, 0.3) is 0 Å². The van der Waals surface area contributed by atoms with E-state index >= 15 is 0 Å². The van der Waals surface area contributed by atoms with Crippen LogP contribution in [0.3, 0.4) is 0 Å². The fraction of sp³-hybridized carbons (Fsp3) is 0.667. The van der Waals surface area contributed by atoms with Gasteiger partial charge < -0.3 is 0 Å². The van der Waals surface area contributed by atoms with Crippen molar-refractivity contribution in [2.24, 2.45) is 5.92 Å². The Balaban J connectivity index is 3.91. The van der Waals surface area contributed by atoms with E-state index in [4.69, 9.17) is 0 Å². The van der Waals surface area contributed by atoms with Gasteiger partial charge in [-0.2, -0.15) is 9.78 Å². The molecule has 0 aliphatic rings. The summed E-state index contributed by atoms with van der Waals surface area (Å²) in [6.45, 7) is 1.31. The van der Waals surface area contributed by atoms with E-state index in [9.17, 15) is 9.59 Å². The summed E-state index contributed by atoms with van der Waals surface area (Å²) in [5, 5.41) is 0. The Labute approximate surface area is 69.2 Å². The molecule has 0 aromatic heterocycles. The Morgan fingerprint density at radius 2 is 1.33 bits per heavy atom. The molecule has 0 bridgehead atoms. The normalized spacial score (nSPS) is 9.67. The number of hydrogen-bond acceptors (Lipinski definition) is 6. The fourth-order valence-electron chi connectivity index (χ4n) is 0.405. The molecule has 0 rings (SSSR count). The molecule has 0 atom stereocenters. The zero-order valence-electron chi connectivity index (χ0n) is 7.03. The number of carbonyl (C=O) groups is 2. The summed E-state index contributed by atoms with van der Waals surface area (Å²) in [5.41, 5.74) is 0. The summed E-state index contributed by atoms with van der Waals surface area (Å²) in [7, 11) is 2.32. The average Bonchev–Trinajstić information content (AvgIpc) is 2.04. The van der Waals surface area contributed by atoms with Gasteiger partial charge in [0, 0.05) is 0 Å². The lowest BCUT2D eigenvalue weighted by Gasteiger charge is -2.05. The monoisotopic (exact) mass is 178 g/mol. The van der Waals surface area contributed by atoms with Crippen LogP contribution >= 0.6 is 0 Å². The predicted octanol–water partition coefficient (Wildman–Crippen LogP) is -0.168. The van der Waals surface area contributed by atoms with Gasteiger partial charge in [0.1, 0.15) is 0 Å². The first kappa shape index (κ1) is 10.9. The molecule has 0 amide bonds. The molecule has 0 saturated carbocycles. The summed E-state index contributed by atoms with van der Waals surface area (Å²) in [5.74, 6) is -2.73. The maximum absolute atomic E-state index is 10.8. The van der Waals surface area contributed by atoms with E-state index in [2.05, 4.69) is 19.6 Å². The van der Waals surface area contributed by atoms with Crippen LogP contribution in [0.15, 0.2) is 0 Å². The van der Waals surface area contributed by atoms with E-state index in [0.717, 1.165) is 14.2 Å². The Morgan fingerprint density at radius 1 is 1.00 bits per heavy atom. The van der Waals surface area contributed by atoms with E-state index < -0.39 is 17.9 Å². The molecule has 0 saturated heterocycles. The molecule has 0 fully saturated rings. The number of hydrogen-bond donors (Lipinski definition) is 0. The molecule has 6 nitrogen and oxygen atoms in total. The second kappa shape index (κ2) is 5.50. The van der Waals surface area contributed by atoms with Crippen molar-refractivity contribution in [3.63, 3.8) is 0 Å². The van der Waals surface area contributed by atoms with Gasteiger partial charge >= 0.3 is 11.9 Å². The van der Waals surface area contributed by atoms with E-state index in [1.54, 1.807) is 0 Å². The van der Waals surface area contributed by atoms with Crippen LogP contribution < -0.4 is 0 Å². The average molecular weight is 178 g/mol. The van der Waals surface area contributed by atoms with Crippen LogP contribution in [0.25, 0.3) is 0 Å². The second-order valence-electron chi connectivity index (χ2n) is 1.86. The summed E-state index contributed by atoms with van der Waals surface area (Å²) in [6, 6.07) is 0. The Kier molecular flexibility index (Phi) is 4.98. The van der Waals surface area contributed by atoms with Gasteiger partial charge in [-0.15, -0.1) is 0 Å². The smallest absolute Gasteiger partial charge is 0.298 e. The fourth-order valence-corrected chi connectivity index (χ4v) is 0.405. The molecule has 0 heterocycles. The third kappa shape index (κ3) is 3.31. The van der Waals surface area contributed by atoms with E-state index in [1.807, 2.05) is 0 Å². The van der Waals surface area contributed by atoms with E-state index in [0.29, 0.717) is 0 Å². The highest BCUT2D eigenvalue weighted by Gasteiger charge is 2.26. The van der Waals surface area contributed by atoms with E-state index in [1.165, 1.54) is 6.92 Å². The minimum atomic E-state index is -1.06. The minimum Gasteiger partial charge on any atom is -0.298 e. The van der Waals surface area contributed by atoms with Gasteiger partial charge in [0.05, 0.1) is 14.2 Å². The standard InChI is InChI=1S/C6H10O6/c1-4(5(7)11-9-2)6(8)12-10-3/h4H,1-3H3. The molecule has 0 spiro atoms. The Morgan fingerprint density at radius 3 is 1.58 bits per heavy atom. The van der Waals surface area contributed by atoms with Crippen LogP contribution in [-0.2, 0) is 29.1 Å².